The van der Waals surface area contributed by atoms with Gasteiger partial charge in [0.1, 0.15) is 18.4 Å². The van der Waals surface area contributed by atoms with Crippen LogP contribution in [-0.2, 0) is 9.59 Å². The van der Waals surface area contributed by atoms with Crippen LogP contribution in [0.1, 0.15) is 10.4 Å². The van der Waals surface area contributed by atoms with Crippen molar-refractivity contribution in [3.05, 3.63) is 33.6 Å². The summed E-state index contributed by atoms with van der Waals surface area (Å²) in [6.07, 6.45) is 0. The second kappa shape index (κ2) is 5.87. The Bertz CT molecular complexity index is 638. The predicted octanol–water partition coefficient (Wildman–Crippen LogP) is 1.16. The van der Waals surface area contributed by atoms with Crippen LogP contribution in [-0.4, -0.2) is 46.9 Å². The molecule has 1 unspecified atom stereocenters. The number of aliphatic carboxylic acids is 1. The summed E-state index contributed by atoms with van der Waals surface area (Å²) in [5, 5.41) is 11.0. The monoisotopic (exact) mass is 334 g/mol. The number of rotatable bonds is 2. The van der Waals surface area contributed by atoms with Crippen LogP contribution in [0.2, 0.25) is 10.0 Å². The van der Waals surface area contributed by atoms with Gasteiger partial charge in [-0.1, -0.05) is 23.2 Å². The number of benzene rings is 1. The van der Waals surface area contributed by atoms with E-state index in [0.29, 0.717) is 0 Å². The number of carbonyl (C=O) groups excluding carboxylic acids is 2. The predicted molar refractivity (Wildman–Crippen MR) is 71.9 cm³/mol. The van der Waals surface area contributed by atoms with Crippen LogP contribution in [0.4, 0.5) is 4.39 Å². The molecular weight excluding hydrogens is 326 g/mol. The zero-order valence-electron chi connectivity index (χ0n) is 10.4. The number of nitrogens with zero attached hydrogens (tertiary/aromatic N) is 1. The highest BCUT2D eigenvalue weighted by Gasteiger charge is 2.36. The fourth-order valence-electron chi connectivity index (χ4n) is 1.92. The highest BCUT2D eigenvalue weighted by molar-refractivity contribution is 6.36. The van der Waals surface area contributed by atoms with E-state index < -0.39 is 36.2 Å². The molecule has 1 aromatic rings. The summed E-state index contributed by atoms with van der Waals surface area (Å²) in [4.78, 5) is 35.7. The van der Waals surface area contributed by atoms with Gasteiger partial charge in [0.25, 0.3) is 5.91 Å². The average Bonchev–Trinajstić information content (AvgIpc) is 2.41. The Hall–Kier alpha value is -1.86. The molecule has 0 aromatic heterocycles. The van der Waals surface area contributed by atoms with E-state index in [2.05, 4.69) is 5.32 Å². The van der Waals surface area contributed by atoms with E-state index >= 15 is 0 Å². The molecule has 1 saturated heterocycles. The van der Waals surface area contributed by atoms with Crippen LogP contribution in [0.15, 0.2) is 12.1 Å². The number of nitrogens with one attached hydrogen (secondary N) is 1. The number of hydrogen-bond donors (Lipinski definition) is 2. The van der Waals surface area contributed by atoms with Gasteiger partial charge < -0.3 is 15.3 Å². The third kappa shape index (κ3) is 3.08. The lowest BCUT2D eigenvalue weighted by atomic mass is 10.1. The molecule has 21 heavy (non-hydrogen) atoms. The van der Waals surface area contributed by atoms with Gasteiger partial charge in [0.15, 0.2) is 0 Å². The minimum absolute atomic E-state index is 0.124. The second-order valence-corrected chi connectivity index (χ2v) is 5.15. The molecule has 0 aliphatic carbocycles. The van der Waals surface area contributed by atoms with E-state index in [1.165, 1.54) is 0 Å². The van der Waals surface area contributed by atoms with Gasteiger partial charge in [-0.05, 0) is 12.1 Å². The second-order valence-electron chi connectivity index (χ2n) is 4.34. The van der Waals surface area contributed by atoms with Gasteiger partial charge in [-0.15, -0.1) is 0 Å². The molecule has 6 nitrogen and oxygen atoms in total. The summed E-state index contributed by atoms with van der Waals surface area (Å²) < 4.78 is 13.5. The third-order valence-corrected chi connectivity index (χ3v) is 3.57. The van der Waals surface area contributed by atoms with Crippen molar-refractivity contribution in [1.29, 1.82) is 0 Å². The van der Waals surface area contributed by atoms with Crippen molar-refractivity contribution in [2.75, 3.05) is 13.1 Å². The molecule has 1 aliphatic heterocycles. The third-order valence-electron chi connectivity index (χ3n) is 2.97. The zero-order chi connectivity index (χ0) is 15.7. The van der Waals surface area contributed by atoms with Gasteiger partial charge in [-0.3, -0.25) is 9.59 Å². The van der Waals surface area contributed by atoms with E-state index in [1.54, 1.807) is 0 Å². The van der Waals surface area contributed by atoms with E-state index in [-0.39, 0.29) is 22.2 Å². The molecule has 1 heterocycles. The molecule has 0 spiro atoms. The largest absolute Gasteiger partial charge is 0.480 e. The number of amides is 2. The Morgan fingerprint density at radius 1 is 1.33 bits per heavy atom. The number of carboxylic acids is 1. The van der Waals surface area contributed by atoms with Crippen molar-refractivity contribution in [1.82, 2.24) is 10.2 Å². The maximum absolute atomic E-state index is 13.5. The number of carbonyl (C=O) groups is 3. The van der Waals surface area contributed by atoms with Crippen molar-refractivity contribution in [2.45, 2.75) is 6.04 Å². The molecular formula is C12H9Cl2FN2O4. The lowest BCUT2D eigenvalue weighted by molar-refractivity contribution is -0.144. The Kier molecular flexibility index (Phi) is 4.34. The van der Waals surface area contributed by atoms with Crippen LogP contribution < -0.4 is 5.32 Å². The molecule has 9 heteroatoms. The lowest BCUT2D eigenvalue weighted by Crippen LogP contribution is -2.59. The Balaban J connectivity index is 2.39. The molecule has 1 fully saturated rings. The standard InChI is InChI=1S/C12H9Cl2FN2O4/c13-6-2-7(14)8(15)1-5(6)11(19)17-4-10(18)16-3-9(17)12(20)21/h1-2,9H,3-4H2,(H,16,18)(H,20,21). The molecule has 0 bridgehead atoms. The molecule has 0 saturated carbocycles. The summed E-state index contributed by atoms with van der Waals surface area (Å²) in [5.74, 6) is -3.50. The number of carboxylic acid groups (broad SMARTS) is 1. The first kappa shape index (κ1) is 15.5. The molecule has 1 atom stereocenters. The van der Waals surface area contributed by atoms with Crippen LogP contribution in [0.25, 0.3) is 0 Å². The summed E-state index contributed by atoms with van der Waals surface area (Å²) in [6.45, 7) is -0.677. The van der Waals surface area contributed by atoms with Crippen LogP contribution in [0.5, 0.6) is 0 Å². The van der Waals surface area contributed by atoms with Gasteiger partial charge >= 0.3 is 5.97 Å². The average molecular weight is 335 g/mol. The molecule has 2 amide bonds. The number of halogens is 3. The SMILES string of the molecule is O=C1CN(C(=O)c2cc(F)c(Cl)cc2Cl)C(C(=O)O)CN1. The zero-order valence-corrected chi connectivity index (χ0v) is 11.9. The minimum atomic E-state index is -1.28. The van der Waals surface area contributed by atoms with Gasteiger partial charge in [0, 0.05) is 6.54 Å². The molecule has 2 N–H and O–H groups in total. The van der Waals surface area contributed by atoms with Gasteiger partial charge in [-0.25, -0.2) is 9.18 Å². The van der Waals surface area contributed by atoms with Gasteiger partial charge in [0.05, 0.1) is 15.6 Å². The Labute approximate surface area is 128 Å². The van der Waals surface area contributed by atoms with Gasteiger partial charge in [-0.2, -0.15) is 0 Å². The topological polar surface area (TPSA) is 86.7 Å². The van der Waals surface area contributed by atoms with E-state index in [4.69, 9.17) is 28.3 Å². The maximum Gasteiger partial charge on any atom is 0.328 e. The highest BCUT2D eigenvalue weighted by atomic mass is 35.5. The molecule has 0 radical (unpaired) electrons. The van der Waals surface area contributed by atoms with Crippen LogP contribution in [0.3, 0.4) is 0 Å². The Morgan fingerprint density at radius 3 is 2.62 bits per heavy atom. The highest BCUT2D eigenvalue weighted by Crippen LogP contribution is 2.26. The summed E-state index contributed by atoms with van der Waals surface area (Å²) in [6, 6.07) is 0.620. The minimum Gasteiger partial charge on any atom is -0.480 e. The summed E-state index contributed by atoms with van der Waals surface area (Å²) in [5.41, 5.74) is -0.250. The van der Waals surface area contributed by atoms with E-state index in [0.717, 1.165) is 17.0 Å². The maximum atomic E-state index is 13.5. The summed E-state index contributed by atoms with van der Waals surface area (Å²) >= 11 is 11.4. The first-order valence-electron chi connectivity index (χ1n) is 5.76. The number of hydrogen-bond acceptors (Lipinski definition) is 3. The fourth-order valence-corrected chi connectivity index (χ4v) is 2.38. The number of piperazine rings is 1. The van der Waals surface area contributed by atoms with Crippen molar-refractivity contribution in [3.8, 4) is 0 Å². The molecule has 112 valence electrons. The molecule has 1 aliphatic rings. The Morgan fingerprint density at radius 2 is 2.00 bits per heavy atom. The quantitative estimate of drug-likeness (QED) is 0.794. The fraction of sp³-hybridized carbons (Fsp3) is 0.250. The normalized spacial score (nSPS) is 18.3. The first-order valence-corrected chi connectivity index (χ1v) is 6.52. The van der Waals surface area contributed by atoms with Crippen molar-refractivity contribution >= 4 is 41.0 Å². The van der Waals surface area contributed by atoms with Gasteiger partial charge in [0.2, 0.25) is 5.91 Å². The van der Waals surface area contributed by atoms with Crippen LogP contribution >= 0.6 is 23.2 Å². The van der Waals surface area contributed by atoms with Crippen molar-refractivity contribution in [3.63, 3.8) is 0 Å². The molecule has 1 aromatic carbocycles. The van der Waals surface area contributed by atoms with E-state index in [1.807, 2.05) is 0 Å². The smallest absolute Gasteiger partial charge is 0.328 e. The first-order chi connectivity index (χ1) is 9.81. The van der Waals surface area contributed by atoms with Crippen LogP contribution in [0, 0.1) is 5.82 Å². The van der Waals surface area contributed by atoms with Crippen molar-refractivity contribution in [2.24, 2.45) is 0 Å². The van der Waals surface area contributed by atoms with Crippen molar-refractivity contribution < 1.29 is 23.9 Å². The lowest BCUT2D eigenvalue weighted by Gasteiger charge is -2.32. The van der Waals surface area contributed by atoms with E-state index in [9.17, 15) is 18.8 Å². The summed E-state index contributed by atoms with van der Waals surface area (Å²) in [7, 11) is 0. The molecule has 2 rings (SSSR count).